The Kier molecular flexibility index (Phi) is 5.40. The number of hydrogen-bond donors (Lipinski definition) is 3. The fourth-order valence-corrected chi connectivity index (χ4v) is 0.931. The molecule has 8 heteroatoms. The van der Waals surface area contributed by atoms with Crippen molar-refractivity contribution >= 4 is 17.7 Å². The summed E-state index contributed by atoms with van der Waals surface area (Å²) in [6, 6.07) is -1.39. The maximum Gasteiger partial charge on any atom is 0.354 e. The molecule has 0 saturated carbocycles. The third-order valence-electron chi connectivity index (χ3n) is 1.43. The third kappa shape index (κ3) is 4.71. The van der Waals surface area contributed by atoms with Crippen molar-refractivity contribution in [3.8, 4) is 0 Å². The number of rotatable bonds is 6. The first-order valence-electron chi connectivity index (χ1n) is 4.41. The molecule has 0 aromatic carbocycles. The van der Waals surface area contributed by atoms with Gasteiger partial charge in [-0.1, -0.05) is 0 Å². The van der Waals surface area contributed by atoms with Crippen LogP contribution in [0, 0.1) is 0 Å². The molecule has 16 heavy (non-hydrogen) atoms. The van der Waals surface area contributed by atoms with Crippen molar-refractivity contribution in [3.63, 3.8) is 0 Å². The second-order valence-corrected chi connectivity index (χ2v) is 3.43. The minimum Gasteiger partial charge on any atom is -0.480 e. The average Bonchev–Trinajstić information content (AvgIpc) is 2.09. The van der Waals surface area contributed by atoms with E-state index in [1.807, 2.05) is 0 Å². The molecule has 3 N–H and O–H groups in total. The Morgan fingerprint density at radius 1 is 1.19 bits per heavy atom. The van der Waals surface area contributed by atoms with E-state index in [1.54, 1.807) is 14.1 Å². The van der Waals surface area contributed by atoms with Gasteiger partial charge in [-0.2, -0.15) is 5.10 Å². The first kappa shape index (κ1) is 14.3. The van der Waals surface area contributed by atoms with Crippen LogP contribution in [0.1, 0.15) is 0 Å². The zero-order valence-electron chi connectivity index (χ0n) is 9.63. The Hall–Kier alpha value is -1.67. The maximum atomic E-state index is 10.9. The second-order valence-electron chi connectivity index (χ2n) is 3.43. The van der Waals surface area contributed by atoms with Gasteiger partial charge >= 0.3 is 11.9 Å². The van der Waals surface area contributed by atoms with Gasteiger partial charge in [0.2, 0.25) is 0 Å². The Bertz CT molecular complexity index is 300. The highest BCUT2D eigenvalue weighted by Crippen LogP contribution is 1.94. The number of hydrazine groups is 1. The maximum absolute atomic E-state index is 10.9. The minimum atomic E-state index is -1.39. The molecule has 0 unspecified atom stereocenters. The molecule has 0 heterocycles. The van der Waals surface area contributed by atoms with Crippen LogP contribution in [0.3, 0.4) is 0 Å². The summed E-state index contributed by atoms with van der Waals surface area (Å²) in [4.78, 5) is 21.8. The predicted octanol–water partition coefficient (Wildman–Crippen LogP) is -1.49. The van der Waals surface area contributed by atoms with Gasteiger partial charge in [-0.15, -0.1) is 0 Å². The summed E-state index contributed by atoms with van der Waals surface area (Å²) in [5.41, 5.74) is 1.98. The van der Waals surface area contributed by atoms with E-state index < -0.39 is 23.7 Å². The van der Waals surface area contributed by atoms with Crippen LogP contribution in [-0.4, -0.2) is 72.1 Å². The van der Waals surface area contributed by atoms with Crippen LogP contribution in [0.4, 0.5) is 0 Å². The Balaban J connectivity index is 5.11. The molecular formula is C8H16N4O4. The molecule has 0 aliphatic rings. The normalized spacial score (nSPS) is 13.7. The Morgan fingerprint density at radius 3 is 1.94 bits per heavy atom. The van der Waals surface area contributed by atoms with Gasteiger partial charge in [0.15, 0.2) is 11.8 Å². The van der Waals surface area contributed by atoms with E-state index in [0.717, 1.165) is 0 Å². The molecule has 8 nitrogen and oxygen atoms in total. The molecule has 0 aromatic heterocycles. The van der Waals surface area contributed by atoms with Crippen LogP contribution < -0.4 is 5.43 Å². The quantitative estimate of drug-likeness (QED) is 0.378. The highest BCUT2D eigenvalue weighted by atomic mass is 16.4. The van der Waals surface area contributed by atoms with E-state index in [0.29, 0.717) is 0 Å². The van der Waals surface area contributed by atoms with Crippen molar-refractivity contribution < 1.29 is 19.8 Å². The molecule has 0 saturated heterocycles. The number of carbonyl (C=O) groups is 2. The van der Waals surface area contributed by atoms with Crippen LogP contribution >= 0.6 is 0 Å². The molecule has 0 radical (unpaired) electrons. The summed E-state index contributed by atoms with van der Waals surface area (Å²) >= 11 is 0. The molecule has 0 amide bonds. The van der Waals surface area contributed by atoms with Gasteiger partial charge < -0.3 is 15.2 Å². The van der Waals surface area contributed by atoms with Crippen molar-refractivity contribution in [2.24, 2.45) is 5.10 Å². The van der Waals surface area contributed by atoms with Crippen LogP contribution in [0.5, 0.6) is 0 Å². The minimum absolute atomic E-state index is 0.480. The van der Waals surface area contributed by atoms with Gasteiger partial charge in [0.1, 0.15) is 0 Å². The molecular weight excluding hydrogens is 216 g/mol. The Morgan fingerprint density at radius 2 is 1.69 bits per heavy atom. The first-order valence-corrected chi connectivity index (χ1v) is 4.41. The van der Waals surface area contributed by atoms with Gasteiger partial charge in [-0.25, -0.2) is 15.2 Å². The van der Waals surface area contributed by atoms with E-state index >= 15 is 0 Å². The molecule has 0 aromatic rings. The summed E-state index contributed by atoms with van der Waals surface area (Å²) in [7, 11) is 6.14. The lowest BCUT2D eigenvalue weighted by Crippen LogP contribution is -2.52. The van der Waals surface area contributed by atoms with Gasteiger partial charge in [0, 0.05) is 28.2 Å². The number of aliphatic carboxylic acids is 2. The van der Waals surface area contributed by atoms with Crippen molar-refractivity contribution in [1.82, 2.24) is 15.4 Å². The van der Waals surface area contributed by atoms with Crippen LogP contribution in [-0.2, 0) is 9.59 Å². The third-order valence-corrected chi connectivity index (χ3v) is 1.43. The lowest BCUT2D eigenvalue weighted by Gasteiger charge is -2.20. The standard InChI is InChI=1S/C8H16N4O4/c1-11(2)9-5(7(13)14)6(8(15)16)10-12(3)4/h5,9H,1-4H3,(H,13,14)(H,15,16)/b10-6+/t5-/m0/s1. The monoisotopic (exact) mass is 232 g/mol. The second kappa shape index (κ2) is 6.03. The molecule has 0 aliphatic carbocycles. The molecule has 0 fully saturated rings. The fraction of sp³-hybridized carbons (Fsp3) is 0.625. The van der Waals surface area contributed by atoms with Crippen molar-refractivity contribution in [2.45, 2.75) is 6.04 Å². The number of nitrogens with zero attached hydrogens (tertiary/aromatic N) is 3. The van der Waals surface area contributed by atoms with Crippen molar-refractivity contribution in [3.05, 3.63) is 0 Å². The van der Waals surface area contributed by atoms with Gasteiger partial charge in [0.05, 0.1) is 0 Å². The van der Waals surface area contributed by atoms with E-state index in [2.05, 4.69) is 10.5 Å². The van der Waals surface area contributed by atoms with Crippen molar-refractivity contribution in [2.75, 3.05) is 28.2 Å². The lowest BCUT2D eigenvalue weighted by atomic mass is 10.2. The molecule has 0 rings (SSSR count). The van der Waals surface area contributed by atoms with Crippen LogP contribution in [0.2, 0.25) is 0 Å². The summed E-state index contributed by atoms with van der Waals surface area (Å²) in [5.74, 6) is -2.69. The smallest absolute Gasteiger partial charge is 0.354 e. The number of hydrogen-bond acceptors (Lipinski definition) is 6. The summed E-state index contributed by atoms with van der Waals surface area (Å²) in [6.45, 7) is 0. The fourth-order valence-electron chi connectivity index (χ4n) is 0.931. The molecule has 0 aliphatic heterocycles. The topological polar surface area (TPSA) is 105 Å². The molecule has 1 atom stereocenters. The van der Waals surface area contributed by atoms with Gasteiger partial charge in [-0.05, 0) is 0 Å². The molecule has 0 spiro atoms. The van der Waals surface area contributed by atoms with Gasteiger partial charge in [0.25, 0.3) is 0 Å². The summed E-state index contributed by atoms with van der Waals surface area (Å²) < 4.78 is 0. The number of carboxylic acid groups (broad SMARTS) is 2. The number of nitrogens with one attached hydrogen (secondary N) is 1. The van der Waals surface area contributed by atoms with Gasteiger partial charge in [-0.3, -0.25) is 4.79 Å². The van der Waals surface area contributed by atoms with E-state index in [1.165, 1.54) is 24.1 Å². The average molecular weight is 232 g/mol. The Labute approximate surface area is 93.1 Å². The van der Waals surface area contributed by atoms with E-state index in [4.69, 9.17) is 10.2 Å². The van der Waals surface area contributed by atoms with Crippen LogP contribution in [0.15, 0.2) is 5.10 Å². The lowest BCUT2D eigenvalue weighted by molar-refractivity contribution is -0.140. The largest absolute Gasteiger partial charge is 0.480 e. The zero-order valence-corrected chi connectivity index (χ0v) is 9.63. The van der Waals surface area contributed by atoms with E-state index in [9.17, 15) is 9.59 Å². The zero-order chi connectivity index (χ0) is 12.9. The SMILES string of the molecule is CN(C)/N=C(/C(=O)O)[C@H](NN(C)C)C(=O)O. The summed E-state index contributed by atoms with van der Waals surface area (Å²) in [5, 5.41) is 24.0. The molecule has 0 bridgehead atoms. The number of hydrazone groups is 1. The highest BCUT2D eigenvalue weighted by molar-refractivity contribution is 6.41. The predicted molar refractivity (Wildman–Crippen MR) is 57.0 cm³/mol. The highest BCUT2D eigenvalue weighted by Gasteiger charge is 2.30. The van der Waals surface area contributed by atoms with E-state index in [-0.39, 0.29) is 0 Å². The van der Waals surface area contributed by atoms with Crippen LogP contribution in [0.25, 0.3) is 0 Å². The first-order chi connectivity index (χ1) is 7.25. The molecule has 92 valence electrons. The van der Waals surface area contributed by atoms with Crippen molar-refractivity contribution in [1.29, 1.82) is 0 Å². The summed E-state index contributed by atoms with van der Waals surface area (Å²) in [6.07, 6.45) is 0. The number of carboxylic acids is 2.